The summed E-state index contributed by atoms with van der Waals surface area (Å²) in [5, 5.41) is 5.97. The molecule has 0 aliphatic carbocycles. The summed E-state index contributed by atoms with van der Waals surface area (Å²) in [6.45, 7) is 1.44. The van der Waals surface area contributed by atoms with Crippen molar-refractivity contribution in [3.05, 3.63) is 34.1 Å². The first-order valence-electron chi connectivity index (χ1n) is 5.55. The molecule has 0 amide bonds. The second kappa shape index (κ2) is 4.56. The zero-order valence-corrected chi connectivity index (χ0v) is 10.0. The summed E-state index contributed by atoms with van der Waals surface area (Å²) in [4.78, 5) is 5.40. The predicted octanol–water partition coefficient (Wildman–Crippen LogP) is 1.68. The summed E-state index contributed by atoms with van der Waals surface area (Å²) in [5.74, 6) is 1.45. The second-order valence-corrected chi connectivity index (χ2v) is 5.02. The Morgan fingerprint density at radius 3 is 3.18 bits per heavy atom. The molecule has 90 valence electrons. The van der Waals surface area contributed by atoms with Crippen LogP contribution in [0, 0.1) is 0 Å². The van der Waals surface area contributed by atoms with Gasteiger partial charge in [-0.2, -0.15) is 4.98 Å². The Morgan fingerprint density at radius 1 is 1.53 bits per heavy atom. The number of nitrogens with two attached hydrogens (primary N) is 1. The fourth-order valence-corrected chi connectivity index (χ4v) is 2.59. The number of hydrogen-bond donors (Lipinski definition) is 1. The first-order chi connectivity index (χ1) is 8.34. The van der Waals surface area contributed by atoms with Crippen molar-refractivity contribution in [1.29, 1.82) is 0 Å². The molecule has 0 radical (unpaired) electrons. The maximum absolute atomic E-state index is 6.06. The van der Waals surface area contributed by atoms with Gasteiger partial charge in [-0.3, -0.25) is 0 Å². The van der Waals surface area contributed by atoms with Crippen LogP contribution < -0.4 is 5.73 Å². The standard InChI is InChI=1S/C11H13N3O2S/c12-9(8-2-1-5-17-8)11-13-10(14-16-11)7-3-4-15-6-7/h1-2,5,7,9H,3-4,6,12H2. The van der Waals surface area contributed by atoms with E-state index in [9.17, 15) is 0 Å². The summed E-state index contributed by atoms with van der Waals surface area (Å²) in [5.41, 5.74) is 6.06. The maximum atomic E-state index is 6.06. The SMILES string of the molecule is NC(c1nc(C2CCOC2)no1)c1cccs1. The van der Waals surface area contributed by atoms with Crippen molar-refractivity contribution >= 4 is 11.3 Å². The molecule has 2 aromatic heterocycles. The summed E-state index contributed by atoms with van der Waals surface area (Å²) in [6, 6.07) is 3.61. The topological polar surface area (TPSA) is 74.2 Å². The van der Waals surface area contributed by atoms with Crippen LogP contribution in [0.5, 0.6) is 0 Å². The largest absolute Gasteiger partial charge is 0.381 e. The minimum atomic E-state index is -0.321. The smallest absolute Gasteiger partial charge is 0.248 e. The normalized spacial score (nSPS) is 21.8. The van der Waals surface area contributed by atoms with E-state index >= 15 is 0 Å². The van der Waals surface area contributed by atoms with Crippen LogP contribution in [0.15, 0.2) is 22.0 Å². The van der Waals surface area contributed by atoms with Gasteiger partial charge in [-0.1, -0.05) is 11.2 Å². The summed E-state index contributed by atoms with van der Waals surface area (Å²) < 4.78 is 10.5. The lowest BCUT2D eigenvalue weighted by Crippen LogP contribution is -2.11. The van der Waals surface area contributed by atoms with E-state index in [1.165, 1.54) is 0 Å². The second-order valence-electron chi connectivity index (χ2n) is 4.04. The van der Waals surface area contributed by atoms with Crippen molar-refractivity contribution in [3.63, 3.8) is 0 Å². The Kier molecular flexibility index (Phi) is 2.92. The van der Waals surface area contributed by atoms with Crippen LogP contribution in [-0.2, 0) is 4.74 Å². The highest BCUT2D eigenvalue weighted by molar-refractivity contribution is 7.10. The van der Waals surface area contributed by atoms with Crippen LogP contribution >= 0.6 is 11.3 Å². The molecule has 17 heavy (non-hydrogen) atoms. The molecule has 5 nitrogen and oxygen atoms in total. The van der Waals surface area contributed by atoms with Crippen LogP contribution in [-0.4, -0.2) is 23.4 Å². The lowest BCUT2D eigenvalue weighted by atomic mass is 10.1. The molecular formula is C11H13N3O2S. The molecule has 0 aromatic carbocycles. The van der Waals surface area contributed by atoms with Crippen LogP contribution in [0.4, 0.5) is 0 Å². The molecule has 2 aromatic rings. The number of ether oxygens (including phenoxy) is 1. The van der Waals surface area contributed by atoms with E-state index in [-0.39, 0.29) is 12.0 Å². The van der Waals surface area contributed by atoms with Crippen molar-refractivity contribution < 1.29 is 9.26 Å². The Balaban J connectivity index is 1.80. The Labute approximate surface area is 103 Å². The highest BCUT2D eigenvalue weighted by Crippen LogP contribution is 2.26. The minimum absolute atomic E-state index is 0.253. The van der Waals surface area contributed by atoms with Gasteiger partial charge in [-0.15, -0.1) is 11.3 Å². The summed E-state index contributed by atoms with van der Waals surface area (Å²) in [7, 11) is 0. The third kappa shape index (κ3) is 2.11. The number of thiophene rings is 1. The van der Waals surface area contributed by atoms with Crippen molar-refractivity contribution in [2.24, 2.45) is 5.73 Å². The molecule has 1 saturated heterocycles. The monoisotopic (exact) mass is 251 g/mol. The molecule has 6 heteroatoms. The van der Waals surface area contributed by atoms with Gasteiger partial charge < -0.3 is 15.0 Å². The van der Waals surface area contributed by atoms with Gasteiger partial charge in [0.05, 0.1) is 6.61 Å². The zero-order chi connectivity index (χ0) is 11.7. The van der Waals surface area contributed by atoms with Crippen molar-refractivity contribution in [2.75, 3.05) is 13.2 Å². The molecule has 2 N–H and O–H groups in total. The first kappa shape index (κ1) is 10.9. The van der Waals surface area contributed by atoms with Crippen LogP contribution in [0.1, 0.15) is 35.0 Å². The Bertz CT molecular complexity index is 477. The van der Waals surface area contributed by atoms with Gasteiger partial charge in [0.1, 0.15) is 6.04 Å². The lowest BCUT2D eigenvalue weighted by molar-refractivity contribution is 0.192. The third-order valence-corrected chi connectivity index (χ3v) is 3.82. The van der Waals surface area contributed by atoms with Gasteiger partial charge in [-0.05, 0) is 17.9 Å². The van der Waals surface area contributed by atoms with E-state index in [0.717, 1.165) is 17.9 Å². The Morgan fingerprint density at radius 2 is 2.47 bits per heavy atom. The van der Waals surface area contributed by atoms with Gasteiger partial charge in [0.2, 0.25) is 5.89 Å². The summed E-state index contributed by atoms with van der Waals surface area (Å²) >= 11 is 1.59. The van der Waals surface area contributed by atoms with Gasteiger partial charge in [0.25, 0.3) is 0 Å². The molecule has 3 heterocycles. The van der Waals surface area contributed by atoms with Crippen LogP contribution in [0.2, 0.25) is 0 Å². The van der Waals surface area contributed by atoms with Crippen LogP contribution in [0.3, 0.4) is 0 Å². The molecule has 0 spiro atoms. The number of hydrogen-bond acceptors (Lipinski definition) is 6. The average Bonchev–Trinajstić information content (AvgIpc) is 3.09. The van der Waals surface area contributed by atoms with Crippen molar-refractivity contribution in [2.45, 2.75) is 18.4 Å². The molecule has 3 rings (SSSR count). The first-order valence-corrected chi connectivity index (χ1v) is 6.43. The number of nitrogens with zero attached hydrogens (tertiary/aromatic N) is 2. The molecule has 2 atom stereocenters. The molecule has 0 saturated carbocycles. The van der Waals surface area contributed by atoms with Gasteiger partial charge >= 0.3 is 0 Å². The summed E-state index contributed by atoms with van der Waals surface area (Å²) in [6.07, 6.45) is 0.952. The van der Waals surface area contributed by atoms with E-state index in [1.54, 1.807) is 11.3 Å². The van der Waals surface area contributed by atoms with Crippen LogP contribution in [0.25, 0.3) is 0 Å². The third-order valence-electron chi connectivity index (χ3n) is 2.87. The number of aromatic nitrogens is 2. The van der Waals surface area contributed by atoms with Gasteiger partial charge in [0.15, 0.2) is 5.82 Å². The molecular weight excluding hydrogens is 238 g/mol. The van der Waals surface area contributed by atoms with E-state index in [4.69, 9.17) is 15.0 Å². The van der Waals surface area contributed by atoms with Crippen molar-refractivity contribution in [1.82, 2.24) is 10.1 Å². The predicted molar refractivity (Wildman–Crippen MR) is 62.8 cm³/mol. The van der Waals surface area contributed by atoms with E-state index in [2.05, 4.69) is 10.1 Å². The quantitative estimate of drug-likeness (QED) is 0.898. The van der Waals surface area contributed by atoms with E-state index in [1.807, 2.05) is 17.5 Å². The Hall–Kier alpha value is -1.24. The number of rotatable bonds is 3. The van der Waals surface area contributed by atoms with E-state index < -0.39 is 0 Å². The highest BCUT2D eigenvalue weighted by atomic mass is 32.1. The maximum Gasteiger partial charge on any atom is 0.248 e. The fourth-order valence-electron chi connectivity index (χ4n) is 1.87. The van der Waals surface area contributed by atoms with Gasteiger partial charge in [0, 0.05) is 17.4 Å². The molecule has 1 aliphatic heterocycles. The molecule has 1 aliphatic rings. The highest BCUT2D eigenvalue weighted by Gasteiger charge is 2.25. The van der Waals surface area contributed by atoms with Gasteiger partial charge in [-0.25, -0.2) is 0 Å². The van der Waals surface area contributed by atoms with E-state index in [0.29, 0.717) is 18.3 Å². The average molecular weight is 251 g/mol. The minimum Gasteiger partial charge on any atom is -0.381 e. The van der Waals surface area contributed by atoms with Crippen molar-refractivity contribution in [3.8, 4) is 0 Å². The molecule has 0 bridgehead atoms. The fraction of sp³-hybridized carbons (Fsp3) is 0.455. The molecule has 2 unspecified atom stereocenters. The molecule has 1 fully saturated rings. The lowest BCUT2D eigenvalue weighted by Gasteiger charge is -2.02. The zero-order valence-electron chi connectivity index (χ0n) is 9.20.